The largest absolute Gasteiger partial charge is 0.497 e. The zero-order valence-electron chi connectivity index (χ0n) is 17.5. The van der Waals surface area contributed by atoms with E-state index in [1.807, 2.05) is 54.6 Å². The molecule has 1 aliphatic rings. The van der Waals surface area contributed by atoms with Crippen molar-refractivity contribution in [2.75, 3.05) is 12.4 Å². The Kier molecular flexibility index (Phi) is 5.03. The van der Waals surface area contributed by atoms with Crippen molar-refractivity contribution in [1.29, 1.82) is 0 Å². The Morgan fingerprint density at radius 2 is 1.78 bits per heavy atom. The number of hydrogen-bond acceptors (Lipinski definition) is 4. The van der Waals surface area contributed by atoms with E-state index in [-0.39, 0.29) is 18.0 Å². The number of rotatable bonds is 5. The molecule has 1 aromatic heterocycles. The number of nitrogens with zero attached hydrogens (tertiary/aromatic N) is 2. The molecule has 3 aromatic carbocycles. The van der Waals surface area contributed by atoms with Crippen LogP contribution in [0.25, 0.3) is 22.4 Å². The maximum Gasteiger partial charge on any atom is 0.254 e. The Labute approximate surface area is 185 Å². The van der Waals surface area contributed by atoms with Crippen LogP contribution in [0.3, 0.4) is 0 Å². The fourth-order valence-corrected chi connectivity index (χ4v) is 4.04. The van der Waals surface area contributed by atoms with Crippen LogP contribution in [0.2, 0.25) is 0 Å². The molecule has 1 aliphatic carbocycles. The number of benzene rings is 3. The molecule has 5 rings (SSSR count). The second-order valence-corrected chi connectivity index (χ2v) is 7.72. The minimum Gasteiger partial charge on any atom is -0.497 e. The van der Waals surface area contributed by atoms with E-state index in [4.69, 9.17) is 4.74 Å². The van der Waals surface area contributed by atoms with Gasteiger partial charge in [0.15, 0.2) is 0 Å². The number of anilines is 1. The first kappa shape index (κ1) is 19.8. The predicted molar refractivity (Wildman–Crippen MR) is 124 cm³/mol. The summed E-state index contributed by atoms with van der Waals surface area (Å²) in [7, 11) is 1.60. The number of carbonyl (C=O) groups is 1. The Hall–Kier alpha value is -4.19. The molecule has 0 bridgehead atoms. The van der Waals surface area contributed by atoms with Crippen molar-refractivity contribution in [2.24, 2.45) is 0 Å². The summed E-state index contributed by atoms with van der Waals surface area (Å²) >= 11 is 0. The van der Waals surface area contributed by atoms with Gasteiger partial charge in [0.25, 0.3) is 5.56 Å². The van der Waals surface area contributed by atoms with Crippen LogP contribution in [0, 0.1) is 0 Å². The molecule has 0 aliphatic heterocycles. The van der Waals surface area contributed by atoms with Crippen LogP contribution in [0.15, 0.2) is 83.9 Å². The lowest BCUT2D eigenvalue weighted by molar-refractivity contribution is -0.116. The van der Waals surface area contributed by atoms with Gasteiger partial charge in [-0.25, -0.2) is 4.98 Å². The van der Waals surface area contributed by atoms with Crippen LogP contribution in [-0.4, -0.2) is 22.6 Å². The molecule has 0 saturated heterocycles. The molecule has 1 N–H and O–H groups in total. The van der Waals surface area contributed by atoms with Gasteiger partial charge < -0.3 is 10.1 Å². The van der Waals surface area contributed by atoms with Gasteiger partial charge in [0.2, 0.25) is 5.91 Å². The van der Waals surface area contributed by atoms with Gasteiger partial charge in [-0.3, -0.25) is 14.2 Å². The number of amides is 1. The van der Waals surface area contributed by atoms with Crippen LogP contribution in [0.5, 0.6) is 5.75 Å². The molecule has 1 heterocycles. The number of fused-ring (bicyclic) bond motifs is 3. The fourth-order valence-electron chi connectivity index (χ4n) is 4.04. The highest BCUT2D eigenvalue weighted by Gasteiger charge is 2.18. The summed E-state index contributed by atoms with van der Waals surface area (Å²) in [5.41, 5.74) is 6.71. The Bertz CT molecular complexity index is 1370. The van der Waals surface area contributed by atoms with E-state index in [0.29, 0.717) is 5.69 Å². The van der Waals surface area contributed by atoms with Crippen LogP contribution >= 0.6 is 0 Å². The molecule has 0 saturated carbocycles. The van der Waals surface area contributed by atoms with Crippen molar-refractivity contribution in [1.82, 2.24) is 9.55 Å². The molecule has 6 nitrogen and oxygen atoms in total. The van der Waals surface area contributed by atoms with E-state index in [1.165, 1.54) is 39.2 Å². The highest BCUT2D eigenvalue weighted by Crippen LogP contribution is 2.37. The highest BCUT2D eigenvalue weighted by molar-refractivity contribution is 5.91. The molecule has 4 aromatic rings. The Balaban J connectivity index is 1.28. The van der Waals surface area contributed by atoms with E-state index < -0.39 is 0 Å². The lowest BCUT2D eigenvalue weighted by atomic mass is 10.1. The second-order valence-electron chi connectivity index (χ2n) is 7.72. The molecule has 158 valence electrons. The normalized spacial score (nSPS) is 11.5. The number of aromatic nitrogens is 2. The van der Waals surface area contributed by atoms with Crippen LogP contribution in [0.4, 0.5) is 5.69 Å². The van der Waals surface area contributed by atoms with Crippen molar-refractivity contribution >= 4 is 11.6 Å². The monoisotopic (exact) mass is 423 g/mol. The van der Waals surface area contributed by atoms with Crippen LogP contribution < -0.4 is 15.6 Å². The summed E-state index contributed by atoms with van der Waals surface area (Å²) in [5.74, 6) is 0.454. The van der Waals surface area contributed by atoms with Crippen LogP contribution in [0.1, 0.15) is 11.1 Å². The fraction of sp³-hybridized carbons (Fsp3) is 0.115. The van der Waals surface area contributed by atoms with Gasteiger partial charge in [-0.15, -0.1) is 0 Å². The van der Waals surface area contributed by atoms with Crippen molar-refractivity contribution in [3.8, 4) is 28.1 Å². The van der Waals surface area contributed by atoms with Crippen molar-refractivity contribution < 1.29 is 9.53 Å². The molecule has 0 atom stereocenters. The minimum atomic E-state index is -0.287. The highest BCUT2D eigenvalue weighted by atomic mass is 16.5. The number of carbonyl (C=O) groups excluding carboxylic acids is 1. The molecule has 32 heavy (non-hydrogen) atoms. The summed E-state index contributed by atoms with van der Waals surface area (Å²) < 4.78 is 6.45. The number of methoxy groups -OCH3 is 1. The third kappa shape index (κ3) is 3.78. The molecular weight excluding hydrogens is 402 g/mol. The zero-order valence-corrected chi connectivity index (χ0v) is 17.5. The van der Waals surface area contributed by atoms with E-state index >= 15 is 0 Å². The second kappa shape index (κ2) is 8.15. The van der Waals surface area contributed by atoms with Gasteiger partial charge in [-0.1, -0.05) is 30.3 Å². The van der Waals surface area contributed by atoms with Crippen molar-refractivity contribution in [3.05, 3.63) is 101 Å². The lowest BCUT2D eigenvalue weighted by Crippen LogP contribution is -2.27. The SMILES string of the molecule is COc1ccc(-c2cc(=O)n(CC(=O)Nc3ccc4c(c3)Cc3ccccc3-4)cn2)cc1. The standard InChI is InChI=1S/C26H21N3O3/c1-32-21-9-6-17(7-10-21)24-14-26(31)29(16-27-24)15-25(30)28-20-8-11-23-19(13-20)12-18-4-2-3-5-22(18)23/h2-11,13-14,16H,12,15H2,1H3,(H,28,30). The molecule has 0 radical (unpaired) electrons. The minimum absolute atomic E-state index is 0.105. The number of nitrogens with one attached hydrogen (secondary N) is 1. The summed E-state index contributed by atoms with van der Waals surface area (Å²) in [5, 5.41) is 2.89. The first-order chi connectivity index (χ1) is 15.6. The van der Waals surface area contributed by atoms with E-state index in [2.05, 4.69) is 22.4 Å². The summed E-state index contributed by atoms with van der Waals surface area (Å²) in [6, 6.07) is 23.0. The smallest absolute Gasteiger partial charge is 0.254 e. The average Bonchev–Trinajstić information content (AvgIpc) is 3.18. The molecule has 6 heteroatoms. The van der Waals surface area contributed by atoms with Gasteiger partial charge in [-0.2, -0.15) is 0 Å². The Morgan fingerprint density at radius 3 is 2.56 bits per heavy atom. The maximum absolute atomic E-state index is 12.6. The third-order valence-electron chi connectivity index (χ3n) is 5.66. The molecular formula is C26H21N3O3. The molecule has 0 fully saturated rings. The summed E-state index contributed by atoms with van der Waals surface area (Å²) in [6.07, 6.45) is 2.26. The topological polar surface area (TPSA) is 73.2 Å². The average molecular weight is 423 g/mol. The Morgan fingerprint density at radius 1 is 1.00 bits per heavy atom. The number of hydrogen-bond donors (Lipinski definition) is 1. The third-order valence-corrected chi connectivity index (χ3v) is 5.66. The summed E-state index contributed by atoms with van der Waals surface area (Å²) in [6.45, 7) is -0.105. The molecule has 1 amide bonds. The van der Waals surface area contributed by atoms with Gasteiger partial charge in [0, 0.05) is 17.3 Å². The predicted octanol–water partition coefficient (Wildman–Crippen LogP) is 4.13. The molecule has 0 spiro atoms. The quantitative estimate of drug-likeness (QED) is 0.461. The first-order valence-electron chi connectivity index (χ1n) is 10.3. The molecule has 0 unspecified atom stereocenters. The van der Waals surface area contributed by atoms with Gasteiger partial charge in [0.1, 0.15) is 12.3 Å². The summed E-state index contributed by atoms with van der Waals surface area (Å²) in [4.78, 5) is 29.4. The van der Waals surface area contributed by atoms with E-state index in [9.17, 15) is 9.59 Å². The van der Waals surface area contributed by atoms with Crippen molar-refractivity contribution in [3.63, 3.8) is 0 Å². The van der Waals surface area contributed by atoms with Crippen LogP contribution in [-0.2, 0) is 17.8 Å². The number of ether oxygens (including phenoxy) is 1. The van der Waals surface area contributed by atoms with Crippen molar-refractivity contribution in [2.45, 2.75) is 13.0 Å². The zero-order chi connectivity index (χ0) is 22.1. The van der Waals surface area contributed by atoms with Gasteiger partial charge in [-0.05, 0) is 65.1 Å². The van der Waals surface area contributed by atoms with E-state index in [0.717, 1.165) is 23.4 Å². The lowest BCUT2D eigenvalue weighted by Gasteiger charge is -2.10. The van der Waals surface area contributed by atoms with E-state index in [1.54, 1.807) is 7.11 Å². The van der Waals surface area contributed by atoms with Gasteiger partial charge >= 0.3 is 0 Å². The first-order valence-corrected chi connectivity index (χ1v) is 10.3. The maximum atomic E-state index is 12.6. The van der Waals surface area contributed by atoms with Gasteiger partial charge in [0.05, 0.1) is 19.1 Å².